The van der Waals surface area contributed by atoms with Crippen molar-refractivity contribution >= 4 is 6.29 Å². The van der Waals surface area contributed by atoms with Gasteiger partial charge in [0.2, 0.25) is 0 Å². The van der Waals surface area contributed by atoms with Gasteiger partial charge in [0.25, 0.3) is 0 Å². The largest absolute Gasteiger partial charge is 0.291 e. The molecule has 105 valence electrons. The summed E-state index contributed by atoms with van der Waals surface area (Å²) in [5.74, 6) is 0. The van der Waals surface area contributed by atoms with Crippen LogP contribution < -0.4 is 0 Å². The Labute approximate surface area is 118 Å². The van der Waals surface area contributed by atoms with Crippen molar-refractivity contribution in [3.63, 3.8) is 0 Å². The van der Waals surface area contributed by atoms with Crippen LogP contribution in [0.2, 0.25) is 0 Å². The molecule has 1 heteroatoms. The number of allylic oxidation sites excluding steroid dienone is 8. The van der Waals surface area contributed by atoms with Gasteiger partial charge in [-0.15, -0.1) is 0 Å². The summed E-state index contributed by atoms with van der Waals surface area (Å²) in [5, 5.41) is 0. The topological polar surface area (TPSA) is 17.1 Å². The molecule has 1 nitrogen and oxygen atoms in total. The zero-order chi connectivity index (χ0) is 14.0. The first-order valence-corrected chi connectivity index (χ1v) is 7.36. The standard InChI is InChI=1S/C18H27O/c1-2-3-4-5-6-7-8-9-10-11-12-13-14-15-16-17-18-19/h3-4,6-7,9-10,12-13H,2,5,8,11,14-17H2,1H3/b4-3+,7-6+,10-9+,13-12+. The number of hydrogen-bond acceptors (Lipinski definition) is 1. The van der Waals surface area contributed by atoms with Crippen molar-refractivity contribution < 1.29 is 4.79 Å². The fourth-order valence-electron chi connectivity index (χ4n) is 1.56. The third kappa shape index (κ3) is 16.6. The van der Waals surface area contributed by atoms with Gasteiger partial charge in [-0.25, -0.2) is 0 Å². The molecule has 0 saturated carbocycles. The van der Waals surface area contributed by atoms with E-state index in [2.05, 4.69) is 55.5 Å². The SMILES string of the molecule is CC/C=C/C/C=C/C/C=C/C/C=C/CCCC[C]=O. The van der Waals surface area contributed by atoms with Gasteiger partial charge in [0, 0.05) is 6.42 Å². The second-order valence-corrected chi connectivity index (χ2v) is 4.39. The van der Waals surface area contributed by atoms with E-state index in [1.165, 1.54) is 0 Å². The van der Waals surface area contributed by atoms with Crippen LogP contribution in [0.3, 0.4) is 0 Å². The maximum Gasteiger partial charge on any atom is 0.198 e. The summed E-state index contributed by atoms with van der Waals surface area (Å²) in [4.78, 5) is 9.98. The highest BCUT2D eigenvalue weighted by atomic mass is 16.1. The van der Waals surface area contributed by atoms with Gasteiger partial charge in [0.1, 0.15) is 0 Å². The van der Waals surface area contributed by atoms with Crippen LogP contribution in [0.5, 0.6) is 0 Å². The van der Waals surface area contributed by atoms with Crippen molar-refractivity contribution in [1.29, 1.82) is 0 Å². The highest BCUT2D eigenvalue weighted by Gasteiger charge is 1.84. The van der Waals surface area contributed by atoms with Crippen molar-refractivity contribution in [3.8, 4) is 0 Å². The fourth-order valence-corrected chi connectivity index (χ4v) is 1.56. The van der Waals surface area contributed by atoms with E-state index < -0.39 is 0 Å². The minimum Gasteiger partial charge on any atom is -0.291 e. The molecule has 0 unspecified atom stereocenters. The van der Waals surface area contributed by atoms with Crippen molar-refractivity contribution in [2.45, 2.75) is 58.3 Å². The predicted octanol–water partition coefficient (Wildman–Crippen LogP) is 5.46. The molecule has 0 bridgehead atoms. The quantitative estimate of drug-likeness (QED) is 0.336. The van der Waals surface area contributed by atoms with Gasteiger partial charge in [0.05, 0.1) is 0 Å². The van der Waals surface area contributed by atoms with Crippen molar-refractivity contribution in [1.82, 2.24) is 0 Å². The summed E-state index contributed by atoms with van der Waals surface area (Å²) in [6.45, 7) is 2.15. The normalized spacial score (nSPS) is 12.5. The molecule has 0 aromatic heterocycles. The van der Waals surface area contributed by atoms with Crippen LogP contribution in [-0.2, 0) is 4.79 Å². The van der Waals surface area contributed by atoms with Crippen LogP contribution >= 0.6 is 0 Å². The third-order valence-electron chi connectivity index (χ3n) is 2.62. The lowest BCUT2D eigenvalue weighted by Gasteiger charge is -1.90. The van der Waals surface area contributed by atoms with E-state index in [9.17, 15) is 4.79 Å². The first kappa shape index (κ1) is 17.6. The van der Waals surface area contributed by atoms with Crippen LogP contribution in [0.1, 0.15) is 58.3 Å². The highest BCUT2D eigenvalue weighted by molar-refractivity contribution is 5.50. The lowest BCUT2D eigenvalue weighted by atomic mass is 10.2. The molecule has 0 N–H and O–H groups in total. The lowest BCUT2D eigenvalue weighted by Crippen LogP contribution is -1.75. The van der Waals surface area contributed by atoms with E-state index >= 15 is 0 Å². The summed E-state index contributed by atoms with van der Waals surface area (Å²) in [7, 11) is 0. The Morgan fingerprint density at radius 3 is 1.79 bits per heavy atom. The fraction of sp³-hybridized carbons (Fsp3) is 0.500. The Hall–Kier alpha value is -1.37. The van der Waals surface area contributed by atoms with Crippen LogP contribution in [-0.4, -0.2) is 6.29 Å². The van der Waals surface area contributed by atoms with Gasteiger partial charge >= 0.3 is 0 Å². The summed E-state index contributed by atoms with van der Waals surface area (Å²) in [6, 6.07) is 0. The molecule has 0 aromatic rings. The summed E-state index contributed by atoms with van der Waals surface area (Å²) < 4.78 is 0. The average molecular weight is 259 g/mol. The second kappa shape index (κ2) is 16.6. The molecule has 0 atom stereocenters. The lowest BCUT2D eigenvalue weighted by molar-refractivity contribution is 0.547. The van der Waals surface area contributed by atoms with Crippen LogP contribution in [0.15, 0.2) is 48.6 Å². The van der Waals surface area contributed by atoms with E-state index in [1.807, 2.05) is 6.29 Å². The molecule has 0 fully saturated rings. The van der Waals surface area contributed by atoms with Gasteiger partial charge in [0.15, 0.2) is 6.29 Å². The van der Waals surface area contributed by atoms with Crippen molar-refractivity contribution in [3.05, 3.63) is 48.6 Å². The first-order valence-electron chi connectivity index (χ1n) is 7.36. The highest BCUT2D eigenvalue weighted by Crippen LogP contribution is 2.00. The van der Waals surface area contributed by atoms with E-state index in [0.29, 0.717) is 6.42 Å². The van der Waals surface area contributed by atoms with E-state index in [4.69, 9.17) is 0 Å². The minimum absolute atomic E-state index is 0.577. The molecule has 0 aliphatic rings. The van der Waals surface area contributed by atoms with Gasteiger partial charge in [-0.05, 0) is 44.9 Å². The third-order valence-corrected chi connectivity index (χ3v) is 2.62. The molecule has 0 rings (SSSR count). The van der Waals surface area contributed by atoms with Crippen LogP contribution in [0.25, 0.3) is 0 Å². The zero-order valence-corrected chi connectivity index (χ0v) is 12.2. The second-order valence-electron chi connectivity index (χ2n) is 4.39. The van der Waals surface area contributed by atoms with Crippen molar-refractivity contribution in [2.75, 3.05) is 0 Å². The van der Waals surface area contributed by atoms with Gasteiger partial charge < -0.3 is 0 Å². The number of carbonyl (C=O) groups excluding carboxylic acids is 1. The maximum atomic E-state index is 9.98. The first-order chi connectivity index (χ1) is 9.41. The summed E-state index contributed by atoms with van der Waals surface area (Å²) in [5.41, 5.74) is 0. The summed E-state index contributed by atoms with van der Waals surface area (Å²) >= 11 is 0. The van der Waals surface area contributed by atoms with Crippen LogP contribution in [0, 0.1) is 0 Å². The maximum absolute atomic E-state index is 9.98. The molecule has 1 radical (unpaired) electrons. The zero-order valence-electron chi connectivity index (χ0n) is 12.2. The predicted molar refractivity (Wildman–Crippen MR) is 84.9 cm³/mol. The number of rotatable bonds is 12. The molecular weight excluding hydrogens is 232 g/mol. The molecule has 0 amide bonds. The minimum atomic E-state index is 0.577. The van der Waals surface area contributed by atoms with Gasteiger partial charge in [-0.2, -0.15) is 0 Å². The summed E-state index contributed by atoms with van der Waals surface area (Å²) in [6.07, 6.45) is 27.4. The molecule has 0 saturated heterocycles. The Balaban J connectivity index is 3.35. The van der Waals surface area contributed by atoms with E-state index in [-0.39, 0.29) is 0 Å². The monoisotopic (exact) mass is 259 g/mol. The van der Waals surface area contributed by atoms with Crippen LogP contribution in [0.4, 0.5) is 0 Å². The molecule has 0 aromatic carbocycles. The molecule has 0 spiro atoms. The van der Waals surface area contributed by atoms with Gasteiger partial charge in [-0.3, -0.25) is 4.79 Å². The van der Waals surface area contributed by atoms with E-state index in [1.54, 1.807) is 0 Å². The molecule has 0 heterocycles. The Kier molecular flexibility index (Phi) is 15.4. The molecule has 0 aliphatic carbocycles. The Morgan fingerprint density at radius 1 is 0.737 bits per heavy atom. The van der Waals surface area contributed by atoms with E-state index in [0.717, 1.165) is 44.9 Å². The molecular formula is C18H27O. The Morgan fingerprint density at radius 2 is 1.26 bits per heavy atom. The number of hydrogen-bond donors (Lipinski definition) is 0. The Bertz CT molecular complexity index is 295. The number of unbranched alkanes of at least 4 members (excludes halogenated alkanes) is 3. The average Bonchev–Trinajstić information content (AvgIpc) is 2.43. The molecule has 0 aliphatic heterocycles. The smallest absolute Gasteiger partial charge is 0.198 e. The molecule has 19 heavy (non-hydrogen) atoms. The van der Waals surface area contributed by atoms with Gasteiger partial charge in [-0.1, -0.05) is 55.5 Å². The van der Waals surface area contributed by atoms with Crippen molar-refractivity contribution in [2.24, 2.45) is 0 Å².